The van der Waals surface area contributed by atoms with Gasteiger partial charge in [0.25, 0.3) is 0 Å². The van der Waals surface area contributed by atoms with E-state index in [4.69, 9.17) is 14.6 Å². The summed E-state index contributed by atoms with van der Waals surface area (Å²) in [7, 11) is 1.58. The first-order valence-corrected chi connectivity index (χ1v) is 6.26. The fourth-order valence-corrected chi connectivity index (χ4v) is 1.50. The monoisotopic (exact) mass is 263 g/mol. The lowest BCUT2D eigenvalue weighted by molar-refractivity contribution is -0.139. The smallest absolute Gasteiger partial charge is 0.320 e. The van der Waals surface area contributed by atoms with Gasteiger partial charge < -0.3 is 25.0 Å². The van der Waals surface area contributed by atoms with Gasteiger partial charge in [-0.15, -0.1) is 0 Å². The van der Waals surface area contributed by atoms with Crippen molar-refractivity contribution in [1.82, 2.24) is 5.32 Å². The zero-order valence-electron chi connectivity index (χ0n) is 11.4. The summed E-state index contributed by atoms with van der Waals surface area (Å²) in [6, 6.07) is -0.610. The van der Waals surface area contributed by atoms with Gasteiger partial charge >= 0.3 is 5.97 Å². The Bertz CT molecular complexity index is 225. The third kappa shape index (κ3) is 8.41. The van der Waals surface area contributed by atoms with Crippen LogP contribution in [0.5, 0.6) is 0 Å². The summed E-state index contributed by atoms with van der Waals surface area (Å²) < 4.78 is 10.2. The van der Waals surface area contributed by atoms with E-state index < -0.39 is 18.1 Å². The lowest BCUT2D eigenvalue weighted by atomic mass is 10.1. The molecule has 0 saturated carbocycles. The fraction of sp³-hybridized carbons (Fsp3) is 0.917. The van der Waals surface area contributed by atoms with Crippen molar-refractivity contribution in [2.24, 2.45) is 0 Å². The molecule has 6 heteroatoms. The molecule has 3 unspecified atom stereocenters. The molecule has 0 aromatic rings. The van der Waals surface area contributed by atoms with Crippen LogP contribution in [0.1, 0.15) is 26.7 Å². The molecule has 0 aliphatic heterocycles. The Morgan fingerprint density at radius 3 is 2.56 bits per heavy atom. The minimum atomic E-state index is -0.891. The molecule has 0 aliphatic rings. The van der Waals surface area contributed by atoms with Gasteiger partial charge in [-0.2, -0.15) is 0 Å². The first-order chi connectivity index (χ1) is 8.51. The number of ether oxygens (including phenoxy) is 2. The van der Waals surface area contributed by atoms with Crippen LogP contribution in [0.4, 0.5) is 0 Å². The quantitative estimate of drug-likeness (QED) is 0.495. The molecule has 3 N–H and O–H groups in total. The summed E-state index contributed by atoms with van der Waals surface area (Å²) in [5, 5.41) is 21.4. The fourth-order valence-electron chi connectivity index (χ4n) is 1.50. The van der Waals surface area contributed by atoms with Crippen LogP contribution in [0, 0.1) is 0 Å². The van der Waals surface area contributed by atoms with E-state index in [-0.39, 0.29) is 19.3 Å². The normalized spacial score (nSPS) is 16.2. The van der Waals surface area contributed by atoms with Crippen molar-refractivity contribution in [3.8, 4) is 0 Å². The van der Waals surface area contributed by atoms with Gasteiger partial charge in [-0.1, -0.05) is 13.3 Å². The van der Waals surface area contributed by atoms with E-state index in [1.807, 2.05) is 13.8 Å². The highest BCUT2D eigenvalue weighted by Gasteiger charge is 2.17. The molecule has 0 aromatic heterocycles. The van der Waals surface area contributed by atoms with Gasteiger partial charge in [0.1, 0.15) is 6.04 Å². The summed E-state index contributed by atoms with van der Waals surface area (Å²) >= 11 is 0. The second kappa shape index (κ2) is 10.3. The van der Waals surface area contributed by atoms with E-state index in [1.165, 1.54) is 0 Å². The van der Waals surface area contributed by atoms with Crippen molar-refractivity contribution < 1.29 is 24.5 Å². The summed E-state index contributed by atoms with van der Waals surface area (Å²) in [5.41, 5.74) is 0. The topological polar surface area (TPSA) is 88.0 Å². The third-order valence-corrected chi connectivity index (χ3v) is 2.45. The minimum absolute atomic E-state index is 0.0874. The second-order valence-electron chi connectivity index (χ2n) is 4.34. The third-order valence-electron chi connectivity index (χ3n) is 2.45. The molecule has 0 spiro atoms. The van der Waals surface area contributed by atoms with E-state index in [0.717, 1.165) is 6.42 Å². The maximum atomic E-state index is 10.9. The van der Waals surface area contributed by atoms with Gasteiger partial charge in [0, 0.05) is 13.7 Å². The van der Waals surface area contributed by atoms with Gasteiger partial charge in [0.2, 0.25) is 0 Å². The number of aliphatic carboxylic acids is 1. The Balaban J connectivity index is 3.79. The molecular formula is C12H25NO5. The van der Waals surface area contributed by atoms with Crippen LogP contribution in [-0.4, -0.2) is 61.3 Å². The van der Waals surface area contributed by atoms with Crippen LogP contribution in [-0.2, 0) is 14.3 Å². The molecule has 3 atom stereocenters. The summed E-state index contributed by atoms with van der Waals surface area (Å²) in [5.74, 6) is -0.891. The van der Waals surface area contributed by atoms with Crippen LogP contribution >= 0.6 is 0 Å². The zero-order chi connectivity index (χ0) is 14.0. The van der Waals surface area contributed by atoms with Crippen molar-refractivity contribution in [2.45, 2.75) is 44.9 Å². The van der Waals surface area contributed by atoms with E-state index in [1.54, 1.807) is 7.11 Å². The highest BCUT2D eigenvalue weighted by molar-refractivity contribution is 5.73. The van der Waals surface area contributed by atoms with Gasteiger partial charge in [-0.3, -0.25) is 4.79 Å². The number of carboxylic acids is 1. The standard InChI is InChI=1S/C12H25NO5/c1-4-5-11(12(15)16)13-6-10(14)8-18-9(2)7-17-3/h9-11,13-14H,4-8H2,1-3H3,(H,15,16). The number of hydrogen-bond acceptors (Lipinski definition) is 5. The molecule has 0 saturated heterocycles. The number of carbonyl (C=O) groups is 1. The van der Waals surface area contributed by atoms with Crippen molar-refractivity contribution in [3.63, 3.8) is 0 Å². The molecule has 6 nitrogen and oxygen atoms in total. The second-order valence-corrected chi connectivity index (χ2v) is 4.34. The molecule has 0 bridgehead atoms. The van der Waals surface area contributed by atoms with E-state index >= 15 is 0 Å². The number of methoxy groups -OCH3 is 1. The van der Waals surface area contributed by atoms with Gasteiger partial charge in [0.15, 0.2) is 0 Å². The first-order valence-electron chi connectivity index (χ1n) is 6.26. The average molecular weight is 263 g/mol. The van der Waals surface area contributed by atoms with Crippen LogP contribution in [0.3, 0.4) is 0 Å². The SMILES string of the molecule is CCCC(NCC(O)COC(C)COC)C(=O)O. The van der Waals surface area contributed by atoms with Crippen LogP contribution in [0.25, 0.3) is 0 Å². The van der Waals surface area contributed by atoms with Crippen molar-refractivity contribution in [3.05, 3.63) is 0 Å². The summed E-state index contributed by atoms with van der Waals surface area (Å²) in [6.45, 7) is 4.60. The molecule has 0 aromatic carbocycles. The predicted octanol–water partition coefficient (Wildman–Crippen LogP) is 0.242. The van der Waals surface area contributed by atoms with Gasteiger partial charge in [-0.25, -0.2) is 0 Å². The molecule has 0 fully saturated rings. The highest BCUT2D eigenvalue weighted by atomic mass is 16.5. The molecule has 108 valence electrons. The number of rotatable bonds is 11. The number of carboxylic acid groups (broad SMARTS) is 1. The lowest BCUT2D eigenvalue weighted by Crippen LogP contribution is -2.42. The lowest BCUT2D eigenvalue weighted by Gasteiger charge is -2.19. The van der Waals surface area contributed by atoms with Crippen LogP contribution in [0.15, 0.2) is 0 Å². The van der Waals surface area contributed by atoms with Gasteiger partial charge in [0.05, 0.1) is 25.4 Å². The van der Waals surface area contributed by atoms with Crippen molar-refractivity contribution in [2.75, 3.05) is 26.9 Å². The number of aliphatic hydroxyl groups excluding tert-OH is 1. The molecule has 0 heterocycles. The molecule has 18 heavy (non-hydrogen) atoms. The predicted molar refractivity (Wildman–Crippen MR) is 67.6 cm³/mol. The highest BCUT2D eigenvalue weighted by Crippen LogP contribution is 1.98. The Hall–Kier alpha value is -0.690. The van der Waals surface area contributed by atoms with E-state index in [9.17, 15) is 9.90 Å². The molecular weight excluding hydrogens is 238 g/mol. The van der Waals surface area contributed by atoms with Crippen LogP contribution in [0.2, 0.25) is 0 Å². The van der Waals surface area contributed by atoms with Crippen molar-refractivity contribution >= 4 is 5.97 Å². The Labute approximate surface area is 108 Å². The minimum Gasteiger partial charge on any atom is -0.480 e. The average Bonchev–Trinajstić information content (AvgIpc) is 2.31. The summed E-state index contributed by atoms with van der Waals surface area (Å²) in [6.07, 6.45) is 0.517. The maximum Gasteiger partial charge on any atom is 0.320 e. The summed E-state index contributed by atoms with van der Waals surface area (Å²) in [4.78, 5) is 10.9. The molecule has 0 amide bonds. The molecule has 0 rings (SSSR count). The Kier molecular flexibility index (Phi) is 9.86. The molecule has 0 radical (unpaired) electrons. The largest absolute Gasteiger partial charge is 0.480 e. The van der Waals surface area contributed by atoms with Crippen molar-refractivity contribution in [1.29, 1.82) is 0 Å². The van der Waals surface area contributed by atoms with Crippen LogP contribution < -0.4 is 5.32 Å². The number of aliphatic hydroxyl groups is 1. The zero-order valence-corrected chi connectivity index (χ0v) is 11.4. The number of hydrogen-bond donors (Lipinski definition) is 3. The van der Waals surface area contributed by atoms with E-state index in [2.05, 4.69) is 5.32 Å². The maximum absolute atomic E-state index is 10.9. The molecule has 0 aliphatic carbocycles. The Morgan fingerprint density at radius 2 is 2.06 bits per heavy atom. The number of nitrogens with one attached hydrogen (secondary N) is 1. The van der Waals surface area contributed by atoms with Gasteiger partial charge in [-0.05, 0) is 13.3 Å². The Morgan fingerprint density at radius 1 is 1.39 bits per heavy atom. The van der Waals surface area contributed by atoms with E-state index in [0.29, 0.717) is 13.0 Å². The first kappa shape index (κ1) is 17.3.